The van der Waals surface area contributed by atoms with Crippen LogP contribution in [0.2, 0.25) is 0 Å². The normalized spacial score (nSPS) is 23.3. The lowest BCUT2D eigenvalue weighted by atomic mass is 9.83. The number of halogens is 2. The lowest BCUT2D eigenvalue weighted by Gasteiger charge is -2.41. The minimum Gasteiger partial charge on any atom is -0.503 e. The maximum atomic E-state index is 14.1. The number of hydrogen-bond donors (Lipinski definition) is 2. The number of aromatic hydroxyl groups is 1. The molecule has 3 unspecified atom stereocenters. The van der Waals surface area contributed by atoms with Crippen molar-refractivity contribution >= 4 is 17.5 Å². The molecule has 10 nitrogen and oxygen atoms in total. The molecule has 5 heterocycles. The molecule has 3 aromatic rings. The maximum Gasteiger partial charge on any atom is 0.274 e. The quantitative estimate of drug-likeness (QED) is 0.516. The number of carbonyl (C=O) groups excluding carboxylic acids is 2. The van der Waals surface area contributed by atoms with E-state index in [0.29, 0.717) is 36.7 Å². The summed E-state index contributed by atoms with van der Waals surface area (Å²) in [5.41, 5.74) is -1.33. The van der Waals surface area contributed by atoms with Gasteiger partial charge in [0.15, 0.2) is 17.0 Å². The van der Waals surface area contributed by atoms with Gasteiger partial charge in [-0.25, -0.2) is 8.78 Å². The highest BCUT2D eigenvalue weighted by atomic mass is 19.1. The van der Waals surface area contributed by atoms with Crippen LogP contribution < -0.4 is 10.7 Å². The van der Waals surface area contributed by atoms with Crippen molar-refractivity contribution in [3.05, 3.63) is 93.2 Å². The first kappa shape index (κ1) is 25.7. The summed E-state index contributed by atoms with van der Waals surface area (Å²) in [6, 6.07) is 7.58. The van der Waals surface area contributed by atoms with E-state index in [1.54, 1.807) is 17.2 Å². The summed E-state index contributed by atoms with van der Waals surface area (Å²) in [4.78, 5) is 51.7. The summed E-state index contributed by atoms with van der Waals surface area (Å²) in [5, 5.41) is 17.7. The van der Waals surface area contributed by atoms with Gasteiger partial charge in [-0.15, -0.1) is 0 Å². The van der Waals surface area contributed by atoms with Crippen molar-refractivity contribution in [3.8, 4) is 5.75 Å². The highest BCUT2D eigenvalue weighted by Crippen LogP contribution is 2.46. The monoisotopic (exact) mass is 549 g/mol. The number of fused-ring (bicyclic) bond motifs is 5. The number of aromatic nitrogens is 2. The topological polar surface area (TPSA) is 126 Å². The van der Waals surface area contributed by atoms with Crippen LogP contribution in [0.4, 0.5) is 8.78 Å². The molecule has 1 saturated heterocycles. The summed E-state index contributed by atoms with van der Waals surface area (Å²) in [6.07, 6.45) is 4.36. The molecule has 0 saturated carbocycles. The Labute approximate surface area is 226 Å². The van der Waals surface area contributed by atoms with E-state index in [4.69, 9.17) is 4.84 Å². The summed E-state index contributed by atoms with van der Waals surface area (Å²) in [7, 11) is 0. The van der Waals surface area contributed by atoms with Crippen molar-refractivity contribution < 1.29 is 28.3 Å². The Morgan fingerprint density at radius 3 is 2.83 bits per heavy atom. The highest BCUT2D eigenvalue weighted by Gasteiger charge is 2.54. The molecule has 2 bridgehead atoms. The van der Waals surface area contributed by atoms with Crippen molar-refractivity contribution in [2.45, 2.75) is 50.4 Å². The molecule has 1 spiro atoms. The number of pyridine rings is 2. The van der Waals surface area contributed by atoms with E-state index >= 15 is 0 Å². The van der Waals surface area contributed by atoms with E-state index in [9.17, 15) is 28.3 Å². The number of amides is 2. The molecule has 0 radical (unpaired) electrons. The van der Waals surface area contributed by atoms with Gasteiger partial charge in [0.1, 0.15) is 22.9 Å². The van der Waals surface area contributed by atoms with Crippen molar-refractivity contribution in [1.82, 2.24) is 19.8 Å². The Morgan fingerprint density at radius 2 is 2.08 bits per heavy atom. The van der Waals surface area contributed by atoms with Gasteiger partial charge < -0.3 is 24.7 Å². The average molecular weight is 550 g/mol. The number of nitrogens with zero attached hydrogens (tertiary/aromatic N) is 4. The largest absolute Gasteiger partial charge is 0.503 e. The standard InChI is InChI=1S/C28H25F2N5O5/c1-15-7-8-28(11-21(33-40-28)20-4-2-3-9-31-20)22-14-34(15)27(39)23-25(37)24(36)18(13-35(22)23)26(38)32-12-16-5-6-17(29)10-19(16)30/h2-6,9-10,13,15,22,37H,7-8,11-12,14H2,1H3,(H,32,38). The highest BCUT2D eigenvalue weighted by molar-refractivity contribution is 6.01. The van der Waals surface area contributed by atoms with Gasteiger partial charge >= 0.3 is 0 Å². The molecule has 2 amide bonds. The fourth-order valence-electron chi connectivity index (χ4n) is 5.72. The van der Waals surface area contributed by atoms with Gasteiger partial charge in [-0.3, -0.25) is 19.4 Å². The third kappa shape index (κ3) is 4.10. The van der Waals surface area contributed by atoms with E-state index in [2.05, 4.69) is 15.5 Å². The van der Waals surface area contributed by atoms with Crippen LogP contribution in [0.15, 0.2) is 58.7 Å². The molecule has 40 heavy (non-hydrogen) atoms. The second-order valence-electron chi connectivity index (χ2n) is 10.3. The molecule has 0 aliphatic carbocycles. The number of oxime groups is 1. The third-order valence-corrected chi connectivity index (χ3v) is 7.97. The van der Waals surface area contributed by atoms with Crippen LogP contribution in [-0.4, -0.2) is 55.3 Å². The second kappa shape index (κ2) is 9.54. The zero-order valence-corrected chi connectivity index (χ0v) is 21.4. The molecular weight excluding hydrogens is 524 g/mol. The van der Waals surface area contributed by atoms with Gasteiger partial charge in [0.2, 0.25) is 5.43 Å². The summed E-state index contributed by atoms with van der Waals surface area (Å²) < 4.78 is 28.8. The van der Waals surface area contributed by atoms with E-state index in [1.165, 1.54) is 16.8 Å². The van der Waals surface area contributed by atoms with E-state index in [1.807, 2.05) is 19.1 Å². The summed E-state index contributed by atoms with van der Waals surface area (Å²) >= 11 is 0. The van der Waals surface area contributed by atoms with Crippen molar-refractivity contribution in [2.75, 3.05) is 6.54 Å². The number of nitrogens with one attached hydrogen (secondary N) is 1. The van der Waals surface area contributed by atoms with Crippen molar-refractivity contribution in [1.29, 1.82) is 0 Å². The van der Waals surface area contributed by atoms with Crippen LogP contribution >= 0.6 is 0 Å². The molecule has 6 rings (SSSR count). The molecule has 3 aliphatic heterocycles. The molecule has 2 N–H and O–H groups in total. The first-order chi connectivity index (χ1) is 19.2. The zero-order chi connectivity index (χ0) is 28.2. The Balaban J connectivity index is 1.38. The Bertz CT molecular complexity index is 1630. The number of carbonyl (C=O) groups is 2. The van der Waals surface area contributed by atoms with Gasteiger partial charge in [0.25, 0.3) is 11.8 Å². The Hall–Kier alpha value is -4.61. The predicted octanol–water partition coefficient (Wildman–Crippen LogP) is 2.90. The smallest absolute Gasteiger partial charge is 0.274 e. The average Bonchev–Trinajstić information content (AvgIpc) is 3.33. The second-order valence-corrected chi connectivity index (χ2v) is 10.3. The van der Waals surface area contributed by atoms with Crippen molar-refractivity contribution in [2.24, 2.45) is 5.16 Å². The molecular formula is C28H25F2N5O5. The molecule has 2 aromatic heterocycles. The minimum absolute atomic E-state index is 0.0121. The molecule has 1 fully saturated rings. The van der Waals surface area contributed by atoms with E-state index in [0.717, 1.165) is 6.07 Å². The van der Waals surface area contributed by atoms with Gasteiger partial charge in [0, 0.05) is 49.6 Å². The number of hydrogen-bond acceptors (Lipinski definition) is 7. The fraction of sp³-hybridized carbons (Fsp3) is 0.321. The predicted molar refractivity (Wildman–Crippen MR) is 138 cm³/mol. The van der Waals surface area contributed by atoms with Crippen LogP contribution in [0.5, 0.6) is 5.75 Å². The number of rotatable bonds is 4. The van der Waals surface area contributed by atoms with Crippen LogP contribution in [0, 0.1) is 11.6 Å². The SMILES string of the molecule is CC1CCC2(CC(c3ccccn3)=NO2)C2CN1C(=O)c1c(O)c(=O)c(C(=O)NCc3ccc(F)cc3F)cn12. The minimum atomic E-state index is -1.03. The first-order valence-electron chi connectivity index (χ1n) is 12.9. The van der Waals surface area contributed by atoms with Crippen LogP contribution in [0.1, 0.15) is 64.3 Å². The molecule has 3 atom stereocenters. The van der Waals surface area contributed by atoms with Crippen LogP contribution in [0.25, 0.3) is 0 Å². The van der Waals surface area contributed by atoms with Gasteiger partial charge in [-0.05, 0) is 38.0 Å². The molecule has 1 aromatic carbocycles. The third-order valence-electron chi connectivity index (χ3n) is 7.97. The Morgan fingerprint density at radius 1 is 1.25 bits per heavy atom. The maximum absolute atomic E-state index is 14.1. The number of benzene rings is 1. The summed E-state index contributed by atoms with van der Waals surface area (Å²) in [5.74, 6) is -3.89. The molecule has 3 aliphatic rings. The summed E-state index contributed by atoms with van der Waals surface area (Å²) in [6.45, 7) is 1.78. The van der Waals surface area contributed by atoms with Crippen molar-refractivity contribution in [3.63, 3.8) is 0 Å². The van der Waals surface area contributed by atoms with Crippen LogP contribution in [-0.2, 0) is 11.4 Å². The molecule has 206 valence electrons. The van der Waals surface area contributed by atoms with Crippen LogP contribution in [0.3, 0.4) is 0 Å². The van der Waals surface area contributed by atoms with Gasteiger partial charge in [0.05, 0.1) is 11.7 Å². The Kier molecular flexibility index (Phi) is 6.12. The first-order valence-corrected chi connectivity index (χ1v) is 12.9. The lowest BCUT2D eigenvalue weighted by Crippen LogP contribution is -2.52. The lowest BCUT2D eigenvalue weighted by molar-refractivity contribution is -0.0655. The zero-order valence-electron chi connectivity index (χ0n) is 21.4. The van der Waals surface area contributed by atoms with Gasteiger partial charge in [-0.1, -0.05) is 17.3 Å². The van der Waals surface area contributed by atoms with E-state index in [-0.39, 0.29) is 30.4 Å². The fourth-order valence-corrected chi connectivity index (χ4v) is 5.72. The molecule has 12 heteroatoms. The van der Waals surface area contributed by atoms with Gasteiger partial charge in [-0.2, -0.15) is 0 Å². The van der Waals surface area contributed by atoms with E-state index < -0.39 is 51.8 Å².